The molecule has 0 radical (unpaired) electrons. The summed E-state index contributed by atoms with van der Waals surface area (Å²) in [5, 5.41) is 4.60. The van der Waals surface area contributed by atoms with Gasteiger partial charge in [0.15, 0.2) is 0 Å². The van der Waals surface area contributed by atoms with Crippen LogP contribution in [0, 0.1) is 0 Å². The van der Waals surface area contributed by atoms with Crippen molar-refractivity contribution in [3.05, 3.63) is 32.6 Å². The SMILES string of the molecule is CN1CCC(NC(=O)c2sc3cccc(Br)c3c2Cl)CC1. The fourth-order valence-electron chi connectivity index (χ4n) is 2.62. The molecular weight excluding hydrogens is 372 g/mol. The number of nitrogens with one attached hydrogen (secondary N) is 1. The van der Waals surface area contributed by atoms with E-state index in [9.17, 15) is 4.79 Å². The Morgan fingerprint density at radius 2 is 2.14 bits per heavy atom. The number of thiophene rings is 1. The normalized spacial score (nSPS) is 17.3. The number of benzene rings is 1. The molecule has 1 amide bonds. The van der Waals surface area contributed by atoms with E-state index < -0.39 is 0 Å². The number of carbonyl (C=O) groups is 1. The summed E-state index contributed by atoms with van der Waals surface area (Å²) in [4.78, 5) is 15.4. The second-order valence-corrected chi connectivity index (χ2v) is 7.69. The molecule has 0 aliphatic carbocycles. The van der Waals surface area contributed by atoms with Crippen LogP contribution in [0.1, 0.15) is 22.5 Å². The van der Waals surface area contributed by atoms with Gasteiger partial charge in [0, 0.05) is 20.6 Å². The first-order valence-electron chi connectivity index (χ1n) is 6.92. The summed E-state index contributed by atoms with van der Waals surface area (Å²) in [5.74, 6) is -0.0531. The van der Waals surface area contributed by atoms with Crippen molar-refractivity contribution in [1.29, 1.82) is 0 Å². The van der Waals surface area contributed by atoms with Crippen LogP contribution in [0.5, 0.6) is 0 Å². The summed E-state index contributed by atoms with van der Waals surface area (Å²) in [7, 11) is 2.11. The molecule has 3 rings (SSSR count). The zero-order valence-electron chi connectivity index (χ0n) is 11.7. The summed E-state index contributed by atoms with van der Waals surface area (Å²) >= 11 is 11.4. The molecule has 6 heteroatoms. The van der Waals surface area contributed by atoms with Crippen LogP contribution in [-0.2, 0) is 0 Å². The van der Waals surface area contributed by atoms with Gasteiger partial charge in [-0.2, -0.15) is 0 Å². The maximum absolute atomic E-state index is 12.5. The van der Waals surface area contributed by atoms with Gasteiger partial charge in [-0.15, -0.1) is 11.3 Å². The van der Waals surface area contributed by atoms with Gasteiger partial charge in [0.1, 0.15) is 4.88 Å². The van der Waals surface area contributed by atoms with Crippen LogP contribution < -0.4 is 5.32 Å². The van der Waals surface area contributed by atoms with Crippen molar-refractivity contribution in [3.8, 4) is 0 Å². The minimum absolute atomic E-state index is 0.0531. The molecule has 2 aromatic rings. The van der Waals surface area contributed by atoms with E-state index in [1.54, 1.807) is 0 Å². The van der Waals surface area contributed by atoms with Crippen molar-refractivity contribution >= 4 is 54.9 Å². The average molecular weight is 388 g/mol. The number of amides is 1. The predicted molar refractivity (Wildman–Crippen MR) is 92.5 cm³/mol. The van der Waals surface area contributed by atoms with E-state index in [1.165, 1.54) is 11.3 Å². The molecule has 1 saturated heterocycles. The number of rotatable bonds is 2. The standard InChI is InChI=1S/C15H16BrClN2OS/c1-19-7-5-9(6-8-19)18-15(20)14-13(17)12-10(16)3-2-4-11(12)21-14/h2-4,9H,5-8H2,1H3,(H,18,20). The molecule has 3 nitrogen and oxygen atoms in total. The first-order chi connectivity index (χ1) is 10.1. The fourth-order valence-corrected chi connectivity index (χ4v) is 4.92. The Labute approximate surface area is 141 Å². The molecule has 1 aliphatic heterocycles. The Kier molecular flexibility index (Phi) is 4.54. The van der Waals surface area contributed by atoms with E-state index in [0.29, 0.717) is 9.90 Å². The number of carbonyl (C=O) groups excluding carboxylic acids is 1. The van der Waals surface area contributed by atoms with Crippen LogP contribution in [0.4, 0.5) is 0 Å². The third-order valence-corrected chi connectivity index (χ3v) is 6.17. The van der Waals surface area contributed by atoms with Gasteiger partial charge in [-0.25, -0.2) is 0 Å². The number of nitrogens with zero attached hydrogens (tertiary/aromatic N) is 1. The average Bonchev–Trinajstić information content (AvgIpc) is 2.80. The quantitative estimate of drug-likeness (QED) is 0.840. The molecule has 0 bridgehead atoms. The molecule has 21 heavy (non-hydrogen) atoms. The summed E-state index contributed by atoms with van der Waals surface area (Å²) in [6, 6.07) is 6.14. The molecule has 2 heterocycles. The topological polar surface area (TPSA) is 32.3 Å². The van der Waals surface area contributed by atoms with Crippen LogP contribution in [0.3, 0.4) is 0 Å². The molecule has 1 aromatic carbocycles. The Morgan fingerprint density at radius 1 is 1.43 bits per heavy atom. The lowest BCUT2D eigenvalue weighted by atomic mass is 10.1. The van der Waals surface area contributed by atoms with Crippen LogP contribution in [0.25, 0.3) is 10.1 Å². The smallest absolute Gasteiger partial charge is 0.263 e. The molecule has 0 spiro atoms. The molecule has 1 aromatic heterocycles. The largest absolute Gasteiger partial charge is 0.348 e. The van der Waals surface area contributed by atoms with Crippen molar-refractivity contribution in [2.45, 2.75) is 18.9 Å². The molecule has 1 fully saturated rings. The number of halogens is 2. The highest BCUT2D eigenvalue weighted by Crippen LogP contribution is 2.39. The molecule has 0 atom stereocenters. The lowest BCUT2D eigenvalue weighted by Crippen LogP contribution is -2.43. The Balaban J connectivity index is 1.82. The Hall–Kier alpha value is -0.620. The van der Waals surface area contributed by atoms with Crippen molar-refractivity contribution < 1.29 is 4.79 Å². The molecular formula is C15H16BrClN2OS. The fraction of sp³-hybridized carbons (Fsp3) is 0.400. The van der Waals surface area contributed by atoms with Crippen LogP contribution >= 0.6 is 38.9 Å². The maximum atomic E-state index is 12.5. The lowest BCUT2D eigenvalue weighted by Gasteiger charge is -2.29. The predicted octanol–water partition coefficient (Wildman–Crippen LogP) is 4.14. The van der Waals surface area contributed by atoms with Gasteiger partial charge in [0.25, 0.3) is 5.91 Å². The molecule has 112 valence electrons. The number of hydrogen-bond donors (Lipinski definition) is 1. The first-order valence-corrected chi connectivity index (χ1v) is 8.91. The summed E-state index contributed by atoms with van der Waals surface area (Å²) in [5.41, 5.74) is 0. The van der Waals surface area contributed by atoms with Crippen LogP contribution in [0.2, 0.25) is 5.02 Å². The van der Waals surface area contributed by atoms with E-state index >= 15 is 0 Å². The first kappa shape index (κ1) is 15.3. The third-order valence-electron chi connectivity index (χ3n) is 3.87. The van der Waals surface area contributed by atoms with Crippen LogP contribution in [0.15, 0.2) is 22.7 Å². The van der Waals surface area contributed by atoms with E-state index in [0.717, 1.165) is 40.5 Å². The van der Waals surface area contributed by atoms with Gasteiger partial charge in [-0.05, 0) is 45.1 Å². The monoisotopic (exact) mass is 386 g/mol. The van der Waals surface area contributed by atoms with Crippen molar-refractivity contribution in [2.75, 3.05) is 20.1 Å². The lowest BCUT2D eigenvalue weighted by molar-refractivity contribution is 0.0921. The number of piperidine rings is 1. The van der Waals surface area contributed by atoms with Gasteiger partial charge in [0.2, 0.25) is 0 Å². The van der Waals surface area contributed by atoms with Gasteiger partial charge in [-0.3, -0.25) is 4.79 Å². The van der Waals surface area contributed by atoms with E-state index in [1.807, 2.05) is 18.2 Å². The van der Waals surface area contributed by atoms with Crippen molar-refractivity contribution in [2.24, 2.45) is 0 Å². The Morgan fingerprint density at radius 3 is 2.81 bits per heavy atom. The molecule has 1 aliphatic rings. The second-order valence-electron chi connectivity index (χ2n) is 5.41. The minimum atomic E-state index is -0.0531. The molecule has 1 N–H and O–H groups in total. The van der Waals surface area contributed by atoms with Gasteiger partial charge in [0.05, 0.1) is 5.02 Å². The van der Waals surface area contributed by atoms with Crippen molar-refractivity contribution in [1.82, 2.24) is 10.2 Å². The zero-order chi connectivity index (χ0) is 15.0. The molecule has 0 saturated carbocycles. The van der Waals surface area contributed by atoms with Gasteiger partial charge < -0.3 is 10.2 Å². The third kappa shape index (κ3) is 3.11. The van der Waals surface area contributed by atoms with E-state index in [-0.39, 0.29) is 11.9 Å². The Bertz CT molecular complexity index is 680. The summed E-state index contributed by atoms with van der Waals surface area (Å²) in [6.45, 7) is 2.05. The van der Waals surface area contributed by atoms with Gasteiger partial charge >= 0.3 is 0 Å². The van der Waals surface area contributed by atoms with E-state index in [2.05, 4.69) is 33.2 Å². The molecule has 0 unspecified atom stereocenters. The van der Waals surface area contributed by atoms with Crippen molar-refractivity contribution in [3.63, 3.8) is 0 Å². The number of fused-ring (bicyclic) bond motifs is 1. The zero-order valence-corrected chi connectivity index (χ0v) is 14.8. The number of likely N-dealkylation sites (tertiary alicyclic amines) is 1. The summed E-state index contributed by atoms with van der Waals surface area (Å²) < 4.78 is 1.96. The number of hydrogen-bond acceptors (Lipinski definition) is 3. The maximum Gasteiger partial charge on any atom is 0.263 e. The minimum Gasteiger partial charge on any atom is -0.348 e. The highest BCUT2D eigenvalue weighted by atomic mass is 79.9. The van der Waals surface area contributed by atoms with Crippen LogP contribution in [-0.4, -0.2) is 37.0 Å². The van der Waals surface area contributed by atoms with Gasteiger partial charge in [-0.1, -0.05) is 33.6 Å². The van der Waals surface area contributed by atoms with E-state index in [4.69, 9.17) is 11.6 Å². The second kappa shape index (κ2) is 6.24. The highest BCUT2D eigenvalue weighted by molar-refractivity contribution is 9.10. The highest BCUT2D eigenvalue weighted by Gasteiger charge is 2.23. The summed E-state index contributed by atoms with van der Waals surface area (Å²) in [6.07, 6.45) is 1.99.